The quantitative estimate of drug-likeness (QED) is 0.234. The Hall–Kier alpha value is -3.52. The number of carbonyl (C=O) groups is 5. The van der Waals surface area contributed by atoms with E-state index in [0.29, 0.717) is 5.56 Å². The van der Waals surface area contributed by atoms with E-state index in [1.165, 1.54) is 12.1 Å². The summed E-state index contributed by atoms with van der Waals surface area (Å²) in [5, 5.41) is 10.4. The molecule has 0 aliphatic rings. The van der Waals surface area contributed by atoms with Crippen LogP contribution < -0.4 is 0 Å². The summed E-state index contributed by atoms with van der Waals surface area (Å²) in [7, 11) is -4.73. The van der Waals surface area contributed by atoms with Gasteiger partial charge >= 0.3 is 40.0 Å². The van der Waals surface area contributed by atoms with Gasteiger partial charge in [-0.05, 0) is 19.1 Å². The zero-order valence-electron chi connectivity index (χ0n) is 19.6. The molecule has 13 nitrogen and oxygen atoms in total. The van der Waals surface area contributed by atoms with E-state index in [1.807, 2.05) is 0 Å². The monoisotopic (exact) mass is 518 g/mol. The Morgan fingerprint density at radius 1 is 0.800 bits per heavy atom. The lowest BCUT2D eigenvalue weighted by Crippen LogP contribution is -2.54. The molecule has 14 heteroatoms. The second kappa shape index (κ2) is 12.8. The molecule has 0 radical (unpaired) electrons. The summed E-state index contributed by atoms with van der Waals surface area (Å²) in [5.41, 5.74) is 0.717. The predicted octanol–water partition coefficient (Wildman–Crippen LogP) is -0.0540. The third kappa shape index (κ3) is 9.70. The summed E-state index contributed by atoms with van der Waals surface area (Å²) in [6, 6.07) is 5.20. The SMILES string of the molecule is CC(=O)OC[C@@H](O)[C@@H](OC(C)=O)[C@H](OC(C)=O)[C@@H](OC(C)=O)C(=O)OS(=O)(=O)c1ccc(C)cc1. The lowest BCUT2D eigenvalue weighted by atomic mass is 10.0. The van der Waals surface area contributed by atoms with Gasteiger partial charge in [0.25, 0.3) is 0 Å². The van der Waals surface area contributed by atoms with E-state index in [2.05, 4.69) is 8.92 Å². The number of benzene rings is 1. The van der Waals surface area contributed by atoms with Crippen LogP contribution in [0.4, 0.5) is 0 Å². The van der Waals surface area contributed by atoms with E-state index in [-0.39, 0.29) is 0 Å². The van der Waals surface area contributed by atoms with Gasteiger partial charge in [0.05, 0.1) is 0 Å². The largest absolute Gasteiger partial charge is 0.463 e. The predicted molar refractivity (Wildman–Crippen MR) is 114 cm³/mol. The molecule has 0 saturated heterocycles. The molecular formula is C21H26O13S. The zero-order valence-corrected chi connectivity index (χ0v) is 20.4. The van der Waals surface area contributed by atoms with Gasteiger partial charge in [-0.2, -0.15) is 8.42 Å². The molecule has 1 N–H and O–H groups in total. The Morgan fingerprint density at radius 3 is 1.74 bits per heavy atom. The molecule has 0 heterocycles. The smallest absolute Gasteiger partial charge is 0.367 e. The maximum Gasteiger partial charge on any atom is 0.367 e. The highest BCUT2D eigenvalue weighted by atomic mass is 32.2. The molecular weight excluding hydrogens is 492 g/mol. The van der Waals surface area contributed by atoms with Crippen molar-refractivity contribution in [3.8, 4) is 0 Å². The Labute approximate surface area is 201 Å². The first-order valence-electron chi connectivity index (χ1n) is 10.0. The molecule has 1 rings (SSSR count). The Bertz CT molecular complexity index is 1050. The number of esters is 4. The lowest BCUT2D eigenvalue weighted by molar-refractivity contribution is -0.201. The molecule has 0 unspecified atom stereocenters. The fourth-order valence-electron chi connectivity index (χ4n) is 2.68. The number of hydrogen-bond acceptors (Lipinski definition) is 13. The molecule has 1 aromatic carbocycles. The first kappa shape index (κ1) is 29.5. The molecule has 0 bridgehead atoms. The summed E-state index contributed by atoms with van der Waals surface area (Å²) in [6.07, 6.45) is -8.25. The summed E-state index contributed by atoms with van der Waals surface area (Å²) in [4.78, 5) is 58.6. The molecule has 194 valence electrons. The van der Waals surface area contributed by atoms with Crippen LogP contribution in [0.5, 0.6) is 0 Å². The van der Waals surface area contributed by atoms with Gasteiger partial charge in [0.15, 0.2) is 12.2 Å². The van der Waals surface area contributed by atoms with Crippen LogP contribution in [0.3, 0.4) is 0 Å². The van der Waals surface area contributed by atoms with Crippen LogP contribution in [0.1, 0.15) is 33.3 Å². The third-order valence-electron chi connectivity index (χ3n) is 4.09. The number of hydrogen-bond donors (Lipinski definition) is 1. The van der Waals surface area contributed by atoms with E-state index >= 15 is 0 Å². The second-order valence-electron chi connectivity index (χ2n) is 7.22. The van der Waals surface area contributed by atoms with Crippen molar-refractivity contribution < 1.29 is 60.6 Å². The van der Waals surface area contributed by atoms with Gasteiger partial charge in [-0.3, -0.25) is 19.2 Å². The van der Waals surface area contributed by atoms with Crippen molar-refractivity contribution in [2.24, 2.45) is 0 Å². The highest BCUT2D eigenvalue weighted by Crippen LogP contribution is 2.21. The fraction of sp³-hybridized carbons (Fsp3) is 0.476. The van der Waals surface area contributed by atoms with Crippen molar-refractivity contribution in [2.45, 2.75) is 63.9 Å². The number of aliphatic hydroxyl groups is 1. The maximum atomic E-state index is 12.9. The molecule has 0 aliphatic heterocycles. The third-order valence-corrected chi connectivity index (χ3v) is 5.32. The fourth-order valence-corrected chi connectivity index (χ4v) is 3.56. The first-order chi connectivity index (χ1) is 16.1. The molecule has 0 spiro atoms. The normalized spacial score (nSPS) is 14.5. The molecule has 0 amide bonds. The summed E-state index contributed by atoms with van der Waals surface area (Å²) in [5.74, 6) is -5.79. The van der Waals surface area contributed by atoms with Crippen molar-refractivity contribution in [2.75, 3.05) is 6.61 Å². The average Bonchev–Trinajstić information content (AvgIpc) is 2.72. The van der Waals surface area contributed by atoms with E-state index in [1.54, 1.807) is 6.92 Å². The van der Waals surface area contributed by atoms with Crippen LogP contribution in [-0.2, 0) is 57.2 Å². The van der Waals surface area contributed by atoms with E-state index in [4.69, 9.17) is 14.2 Å². The summed E-state index contributed by atoms with van der Waals surface area (Å²) in [6.45, 7) is 4.59. The molecule has 35 heavy (non-hydrogen) atoms. The number of aryl methyl sites for hydroxylation is 1. The van der Waals surface area contributed by atoms with Crippen LogP contribution in [0.25, 0.3) is 0 Å². The Kier molecular flexibility index (Phi) is 10.8. The van der Waals surface area contributed by atoms with Crippen LogP contribution in [0.15, 0.2) is 29.2 Å². The van der Waals surface area contributed by atoms with Crippen LogP contribution in [0, 0.1) is 6.92 Å². The molecule has 0 aromatic heterocycles. The van der Waals surface area contributed by atoms with E-state index in [0.717, 1.165) is 39.8 Å². The van der Waals surface area contributed by atoms with Crippen LogP contribution in [0.2, 0.25) is 0 Å². The molecule has 0 saturated carbocycles. The van der Waals surface area contributed by atoms with E-state index < -0.39 is 75.9 Å². The van der Waals surface area contributed by atoms with Gasteiger partial charge in [-0.1, -0.05) is 17.7 Å². The molecule has 4 atom stereocenters. The standard InChI is InChI=1S/C21H26O13S/c1-11-6-8-16(9-7-11)35(28,29)34-21(27)20(33-15(5)25)19(32-14(4)24)18(31-13(3)23)17(26)10-30-12(2)22/h6-9,17-20,26H,10H2,1-5H3/t17-,18-,19+,20-/m1/s1. The van der Waals surface area contributed by atoms with E-state index in [9.17, 15) is 37.5 Å². The van der Waals surface area contributed by atoms with Gasteiger partial charge in [-0.15, -0.1) is 0 Å². The zero-order chi connectivity index (χ0) is 26.9. The topological polar surface area (TPSA) is 186 Å². The molecule has 0 fully saturated rings. The van der Waals surface area contributed by atoms with Crippen molar-refractivity contribution >= 4 is 40.0 Å². The van der Waals surface area contributed by atoms with Gasteiger partial charge in [-0.25, -0.2) is 4.79 Å². The van der Waals surface area contributed by atoms with Gasteiger partial charge in [0.1, 0.15) is 17.6 Å². The lowest BCUT2D eigenvalue weighted by Gasteiger charge is -2.32. The number of carbonyl (C=O) groups excluding carboxylic acids is 5. The Morgan fingerprint density at radius 2 is 1.29 bits per heavy atom. The Balaban J connectivity index is 3.44. The van der Waals surface area contributed by atoms with Crippen molar-refractivity contribution in [3.05, 3.63) is 29.8 Å². The van der Waals surface area contributed by atoms with Crippen molar-refractivity contribution in [1.29, 1.82) is 0 Å². The number of rotatable bonds is 11. The van der Waals surface area contributed by atoms with Crippen molar-refractivity contribution in [1.82, 2.24) is 0 Å². The highest BCUT2D eigenvalue weighted by molar-refractivity contribution is 7.87. The van der Waals surface area contributed by atoms with Gasteiger partial charge < -0.3 is 28.2 Å². The second-order valence-corrected chi connectivity index (χ2v) is 8.76. The summed E-state index contributed by atoms with van der Waals surface area (Å²) >= 11 is 0. The van der Waals surface area contributed by atoms with Gasteiger partial charge in [0, 0.05) is 27.7 Å². The average molecular weight is 518 g/mol. The van der Waals surface area contributed by atoms with Crippen LogP contribution >= 0.6 is 0 Å². The van der Waals surface area contributed by atoms with Crippen LogP contribution in [-0.4, -0.2) is 74.4 Å². The number of aliphatic hydroxyl groups excluding tert-OH is 1. The molecule has 1 aromatic rings. The first-order valence-corrected chi connectivity index (χ1v) is 11.4. The van der Waals surface area contributed by atoms with Gasteiger partial charge in [0.2, 0.25) is 6.10 Å². The molecule has 0 aliphatic carbocycles. The highest BCUT2D eigenvalue weighted by Gasteiger charge is 2.47. The summed E-state index contributed by atoms with van der Waals surface area (Å²) < 4.78 is 49.1. The maximum absolute atomic E-state index is 12.9. The minimum Gasteiger partial charge on any atom is -0.463 e. The number of ether oxygens (including phenoxy) is 4. The minimum absolute atomic E-state index is 0.409. The minimum atomic E-state index is -4.73. The van der Waals surface area contributed by atoms with Crippen molar-refractivity contribution in [3.63, 3.8) is 0 Å².